The van der Waals surface area contributed by atoms with Crippen molar-refractivity contribution in [1.82, 2.24) is 0 Å². The topological polar surface area (TPSA) is 52.3 Å². The first kappa shape index (κ1) is 7.85. The fourth-order valence-corrected chi connectivity index (χ4v) is 1.02. The molecule has 3 heteroatoms. The van der Waals surface area contributed by atoms with Gasteiger partial charge in [-0.2, -0.15) is 0 Å². The molecule has 0 heterocycles. The maximum Gasteiger partial charge on any atom is 0.312 e. The predicted molar refractivity (Wildman–Crippen MR) is 41.5 cm³/mol. The number of carbonyl (C=O) groups is 1. The average molecular weight is 153 g/mol. The molecule has 60 valence electrons. The maximum absolute atomic E-state index is 11.0. The molecule has 1 aliphatic rings. The molecule has 0 aromatic carbocycles. The van der Waals surface area contributed by atoms with E-state index in [2.05, 4.69) is 4.74 Å². The standard InChI is InChI=1S/C8H11NO2/c1-11-8(10)6-3-2-4-7(9)5-6/h2-4,6H,5,9H2,1H3. The Morgan fingerprint density at radius 1 is 1.82 bits per heavy atom. The molecule has 0 saturated heterocycles. The highest BCUT2D eigenvalue weighted by atomic mass is 16.5. The fraction of sp³-hybridized carbons (Fsp3) is 0.375. The van der Waals surface area contributed by atoms with Crippen LogP contribution in [0.25, 0.3) is 0 Å². The van der Waals surface area contributed by atoms with Crippen molar-refractivity contribution in [2.24, 2.45) is 11.7 Å². The van der Waals surface area contributed by atoms with Crippen molar-refractivity contribution >= 4 is 5.97 Å². The summed E-state index contributed by atoms with van der Waals surface area (Å²) in [6, 6.07) is 0. The number of ether oxygens (including phenoxy) is 1. The normalized spacial score (nSPS) is 22.6. The van der Waals surface area contributed by atoms with E-state index in [1.54, 1.807) is 18.2 Å². The van der Waals surface area contributed by atoms with Crippen LogP contribution in [0.1, 0.15) is 6.42 Å². The number of hydrogen-bond acceptors (Lipinski definition) is 3. The number of esters is 1. The van der Waals surface area contributed by atoms with Gasteiger partial charge in [-0.3, -0.25) is 4.79 Å². The lowest BCUT2D eigenvalue weighted by atomic mass is 9.99. The lowest BCUT2D eigenvalue weighted by molar-refractivity contribution is -0.143. The molecule has 0 bridgehead atoms. The Morgan fingerprint density at radius 3 is 3.09 bits per heavy atom. The van der Waals surface area contributed by atoms with E-state index in [0.29, 0.717) is 6.42 Å². The van der Waals surface area contributed by atoms with E-state index in [-0.39, 0.29) is 11.9 Å². The van der Waals surface area contributed by atoms with Crippen LogP contribution in [-0.4, -0.2) is 13.1 Å². The van der Waals surface area contributed by atoms with Crippen LogP contribution >= 0.6 is 0 Å². The molecule has 0 aliphatic heterocycles. The van der Waals surface area contributed by atoms with E-state index >= 15 is 0 Å². The summed E-state index contributed by atoms with van der Waals surface area (Å²) in [6.45, 7) is 0. The summed E-state index contributed by atoms with van der Waals surface area (Å²) >= 11 is 0. The molecule has 1 atom stereocenters. The first-order chi connectivity index (χ1) is 5.24. The first-order valence-corrected chi connectivity index (χ1v) is 3.44. The Kier molecular flexibility index (Phi) is 2.31. The second kappa shape index (κ2) is 3.23. The molecular formula is C8H11NO2. The largest absolute Gasteiger partial charge is 0.469 e. The van der Waals surface area contributed by atoms with Gasteiger partial charge in [0.05, 0.1) is 13.0 Å². The van der Waals surface area contributed by atoms with Crippen LogP contribution in [0.2, 0.25) is 0 Å². The number of allylic oxidation sites excluding steroid dienone is 3. The van der Waals surface area contributed by atoms with Crippen molar-refractivity contribution in [3.8, 4) is 0 Å². The molecule has 0 spiro atoms. The highest BCUT2D eigenvalue weighted by Gasteiger charge is 2.17. The number of hydrogen-bond donors (Lipinski definition) is 1. The fourth-order valence-electron chi connectivity index (χ4n) is 1.02. The van der Waals surface area contributed by atoms with Gasteiger partial charge in [0.25, 0.3) is 0 Å². The van der Waals surface area contributed by atoms with E-state index in [0.717, 1.165) is 5.70 Å². The van der Waals surface area contributed by atoms with E-state index in [1.807, 2.05) is 0 Å². The minimum atomic E-state index is -0.225. The third-order valence-corrected chi connectivity index (χ3v) is 1.61. The van der Waals surface area contributed by atoms with E-state index in [1.165, 1.54) is 7.11 Å². The van der Waals surface area contributed by atoms with E-state index in [9.17, 15) is 4.79 Å². The molecule has 0 amide bonds. The zero-order valence-corrected chi connectivity index (χ0v) is 6.41. The Bertz CT molecular complexity index is 218. The molecule has 2 N–H and O–H groups in total. The van der Waals surface area contributed by atoms with E-state index < -0.39 is 0 Å². The van der Waals surface area contributed by atoms with Gasteiger partial charge >= 0.3 is 5.97 Å². The molecule has 0 saturated carbocycles. The highest BCUT2D eigenvalue weighted by Crippen LogP contribution is 2.15. The average Bonchev–Trinajstić information content (AvgIpc) is 2.03. The maximum atomic E-state index is 11.0. The molecular weight excluding hydrogens is 142 g/mol. The molecule has 0 radical (unpaired) electrons. The van der Waals surface area contributed by atoms with Gasteiger partial charge in [-0.05, 0) is 6.08 Å². The summed E-state index contributed by atoms with van der Waals surface area (Å²) in [7, 11) is 1.38. The first-order valence-electron chi connectivity index (χ1n) is 3.44. The van der Waals surface area contributed by atoms with Crippen LogP contribution in [-0.2, 0) is 9.53 Å². The van der Waals surface area contributed by atoms with Crippen molar-refractivity contribution in [3.05, 3.63) is 23.9 Å². The van der Waals surface area contributed by atoms with Crippen molar-refractivity contribution in [1.29, 1.82) is 0 Å². The van der Waals surface area contributed by atoms with Crippen molar-refractivity contribution in [2.45, 2.75) is 6.42 Å². The summed E-state index contributed by atoms with van der Waals surface area (Å²) in [4.78, 5) is 11.0. The molecule has 1 unspecified atom stereocenters. The Morgan fingerprint density at radius 2 is 2.55 bits per heavy atom. The Balaban J connectivity index is 2.59. The van der Waals surface area contributed by atoms with Gasteiger partial charge in [-0.1, -0.05) is 12.2 Å². The van der Waals surface area contributed by atoms with Gasteiger partial charge in [-0.15, -0.1) is 0 Å². The van der Waals surface area contributed by atoms with Crippen LogP contribution in [0.3, 0.4) is 0 Å². The number of carbonyl (C=O) groups excluding carboxylic acids is 1. The van der Waals surface area contributed by atoms with Gasteiger partial charge in [0.2, 0.25) is 0 Å². The summed E-state index contributed by atoms with van der Waals surface area (Å²) < 4.78 is 4.57. The van der Waals surface area contributed by atoms with Crippen molar-refractivity contribution in [2.75, 3.05) is 7.11 Å². The lowest BCUT2D eigenvalue weighted by Gasteiger charge is -2.12. The summed E-state index contributed by atoms with van der Waals surface area (Å²) in [5.41, 5.74) is 6.24. The summed E-state index contributed by atoms with van der Waals surface area (Å²) in [6.07, 6.45) is 5.94. The zero-order valence-electron chi connectivity index (χ0n) is 6.41. The van der Waals surface area contributed by atoms with Gasteiger partial charge in [0, 0.05) is 12.1 Å². The molecule has 3 nitrogen and oxygen atoms in total. The number of rotatable bonds is 1. The van der Waals surface area contributed by atoms with Gasteiger partial charge in [-0.25, -0.2) is 0 Å². The Labute approximate surface area is 65.5 Å². The predicted octanol–water partition coefficient (Wildman–Crippen LogP) is 0.578. The second-order valence-corrected chi connectivity index (χ2v) is 2.46. The molecule has 0 aromatic heterocycles. The summed E-state index contributed by atoms with van der Waals surface area (Å²) in [5, 5.41) is 0. The van der Waals surface area contributed by atoms with Crippen LogP contribution in [0, 0.1) is 5.92 Å². The molecule has 1 rings (SSSR count). The van der Waals surface area contributed by atoms with Gasteiger partial charge in [0.1, 0.15) is 0 Å². The van der Waals surface area contributed by atoms with Crippen LogP contribution in [0.4, 0.5) is 0 Å². The number of methoxy groups -OCH3 is 1. The lowest BCUT2D eigenvalue weighted by Crippen LogP contribution is -2.18. The summed E-state index contributed by atoms with van der Waals surface area (Å²) in [5.74, 6) is -0.415. The molecule has 0 aromatic rings. The van der Waals surface area contributed by atoms with Crippen molar-refractivity contribution < 1.29 is 9.53 Å². The minimum Gasteiger partial charge on any atom is -0.469 e. The number of nitrogens with two attached hydrogens (primary N) is 1. The van der Waals surface area contributed by atoms with Gasteiger partial charge < -0.3 is 10.5 Å². The highest BCUT2D eigenvalue weighted by molar-refractivity contribution is 5.75. The Hall–Kier alpha value is -1.25. The van der Waals surface area contributed by atoms with E-state index in [4.69, 9.17) is 5.73 Å². The zero-order chi connectivity index (χ0) is 8.27. The molecule has 1 aliphatic carbocycles. The quantitative estimate of drug-likeness (QED) is 0.560. The van der Waals surface area contributed by atoms with Crippen molar-refractivity contribution in [3.63, 3.8) is 0 Å². The third kappa shape index (κ3) is 1.83. The van der Waals surface area contributed by atoms with Crippen LogP contribution in [0.5, 0.6) is 0 Å². The minimum absolute atomic E-state index is 0.190. The SMILES string of the molecule is COC(=O)C1C=CC=C(N)C1. The van der Waals surface area contributed by atoms with Crippen LogP contribution < -0.4 is 5.73 Å². The second-order valence-electron chi connectivity index (χ2n) is 2.46. The third-order valence-electron chi connectivity index (χ3n) is 1.61. The molecule has 11 heavy (non-hydrogen) atoms. The van der Waals surface area contributed by atoms with Gasteiger partial charge in [0.15, 0.2) is 0 Å². The molecule has 0 fully saturated rings. The smallest absolute Gasteiger partial charge is 0.312 e. The monoisotopic (exact) mass is 153 g/mol. The van der Waals surface area contributed by atoms with Crippen LogP contribution in [0.15, 0.2) is 23.9 Å².